The van der Waals surface area contributed by atoms with Crippen molar-refractivity contribution in [3.05, 3.63) is 24.0 Å². The van der Waals surface area contributed by atoms with E-state index in [2.05, 4.69) is 17.0 Å². The minimum absolute atomic E-state index is 0.211. The molecule has 1 saturated carbocycles. The lowest BCUT2D eigenvalue weighted by atomic mass is 10.4. The van der Waals surface area contributed by atoms with Crippen molar-refractivity contribution in [2.75, 3.05) is 7.11 Å². The molecule has 0 saturated heterocycles. The first-order chi connectivity index (χ1) is 7.70. The molecular formula is C12H18N2O2. The van der Waals surface area contributed by atoms with E-state index < -0.39 is 0 Å². The fraction of sp³-hybridized carbons (Fsp3) is 0.583. The van der Waals surface area contributed by atoms with Crippen LogP contribution in [0.3, 0.4) is 0 Å². The minimum Gasteiger partial charge on any atom is -0.468 e. The van der Waals surface area contributed by atoms with Crippen LogP contribution < -0.4 is 5.32 Å². The van der Waals surface area contributed by atoms with Crippen molar-refractivity contribution in [3.63, 3.8) is 0 Å². The molecule has 0 bridgehead atoms. The molecule has 2 unspecified atom stereocenters. The number of methoxy groups -OCH3 is 1. The lowest BCUT2D eigenvalue weighted by Crippen LogP contribution is -2.21. The number of rotatable bonds is 5. The Kier molecular flexibility index (Phi) is 3.29. The van der Waals surface area contributed by atoms with Gasteiger partial charge in [0, 0.05) is 24.5 Å². The minimum atomic E-state index is -0.211. The molecule has 1 aliphatic carbocycles. The highest BCUT2D eigenvalue weighted by atomic mass is 16.5. The Labute approximate surface area is 95.6 Å². The number of carbonyl (C=O) groups is 1. The molecule has 1 N–H and O–H groups in total. The predicted octanol–water partition coefficient (Wildman–Crippen LogP) is 1.16. The summed E-state index contributed by atoms with van der Waals surface area (Å²) < 4.78 is 6.58. The summed E-state index contributed by atoms with van der Waals surface area (Å²) >= 11 is 0. The van der Waals surface area contributed by atoms with Crippen LogP contribution in [0.1, 0.15) is 19.0 Å². The van der Waals surface area contributed by atoms with Crippen LogP contribution in [0.2, 0.25) is 0 Å². The number of aromatic nitrogens is 1. The summed E-state index contributed by atoms with van der Waals surface area (Å²) in [6.45, 7) is 3.35. The molecule has 88 valence electrons. The van der Waals surface area contributed by atoms with Crippen molar-refractivity contribution < 1.29 is 9.53 Å². The van der Waals surface area contributed by atoms with Gasteiger partial charge in [0.2, 0.25) is 0 Å². The van der Waals surface area contributed by atoms with Gasteiger partial charge in [-0.05, 0) is 24.5 Å². The lowest BCUT2D eigenvalue weighted by Gasteiger charge is -2.08. The first-order valence-corrected chi connectivity index (χ1v) is 5.65. The van der Waals surface area contributed by atoms with E-state index in [1.807, 2.05) is 22.9 Å². The molecule has 4 nitrogen and oxygen atoms in total. The number of ether oxygens (including phenoxy) is 1. The maximum Gasteiger partial charge on any atom is 0.325 e. The van der Waals surface area contributed by atoms with Crippen molar-refractivity contribution in [2.45, 2.75) is 32.5 Å². The highest BCUT2D eigenvalue weighted by molar-refractivity contribution is 5.69. The molecule has 2 rings (SSSR count). The van der Waals surface area contributed by atoms with Gasteiger partial charge in [0.15, 0.2) is 0 Å². The Morgan fingerprint density at radius 3 is 3.06 bits per heavy atom. The molecule has 1 aromatic heterocycles. The Morgan fingerprint density at radius 1 is 1.69 bits per heavy atom. The summed E-state index contributed by atoms with van der Waals surface area (Å²) in [5.74, 6) is 0.584. The van der Waals surface area contributed by atoms with Gasteiger partial charge in [-0.1, -0.05) is 6.92 Å². The van der Waals surface area contributed by atoms with E-state index in [1.54, 1.807) is 0 Å². The largest absolute Gasteiger partial charge is 0.468 e. The molecule has 1 heterocycles. The summed E-state index contributed by atoms with van der Waals surface area (Å²) in [7, 11) is 1.41. The third kappa shape index (κ3) is 2.64. The van der Waals surface area contributed by atoms with Crippen LogP contribution in [-0.4, -0.2) is 23.7 Å². The van der Waals surface area contributed by atoms with Crippen molar-refractivity contribution in [1.29, 1.82) is 0 Å². The van der Waals surface area contributed by atoms with Crippen LogP contribution in [0, 0.1) is 5.92 Å². The van der Waals surface area contributed by atoms with E-state index >= 15 is 0 Å². The van der Waals surface area contributed by atoms with E-state index in [-0.39, 0.29) is 5.97 Å². The van der Waals surface area contributed by atoms with Crippen LogP contribution in [0.5, 0.6) is 0 Å². The normalized spacial score (nSPS) is 23.1. The molecule has 4 heteroatoms. The molecule has 0 radical (unpaired) electrons. The van der Waals surface area contributed by atoms with Crippen molar-refractivity contribution in [1.82, 2.24) is 9.88 Å². The van der Waals surface area contributed by atoms with Gasteiger partial charge in [0.05, 0.1) is 7.11 Å². The number of esters is 1. The highest BCUT2D eigenvalue weighted by Crippen LogP contribution is 2.29. The van der Waals surface area contributed by atoms with Gasteiger partial charge in [0.1, 0.15) is 6.54 Å². The van der Waals surface area contributed by atoms with E-state index in [4.69, 9.17) is 0 Å². The van der Waals surface area contributed by atoms with E-state index in [0.717, 1.165) is 18.2 Å². The highest BCUT2D eigenvalue weighted by Gasteiger charge is 2.31. The van der Waals surface area contributed by atoms with Gasteiger partial charge in [0.25, 0.3) is 0 Å². The topological polar surface area (TPSA) is 43.3 Å². The third-order valence-electron chi connectivity index (χ3n) is 3.11. The fourth-order valence-corrected chi connectivity index (χ4v) is 1.81. The number of nitrogens with zero attached hydrogens (tertiary/aromatic N) is 1. The zero-order chi connectivity index (χ0) is 11.5. The number of hydrogen-bond donors (Lipinski definition) is 1. The van der Waals surface area contributed by atoms with Crippen molar-refractivity contribution in [3.8, 4) is 0 Å². The molecule has 2 atom stereocenters. The van der Waals surface area contributed by atoms with Crippen LogP contribution in [0.4, 0.5) is 0 Å². The van der Waals surface area contributed by atoms with Crippen LogP contribution >= 0.6 is 0 Å². The Morgan fingerprint density at radius 2 is 2.44 bits per heavy atom. The molecule has 0 spiro atoms. The number of hydrogen-bond acceptors (Lipinski definition) is 3. The first-order valence-electron chi connectivity index (χ1n) is 5.65. The van der Waals surface area contributed by atoms with Crippen LogP contribution in [-0.2, 0) is 22.6 Å². The monoisotopic (exact) mass is 222 g/mol. The van der Waals surface area contributed by atoms with Crippen LogP contribution in [0.15, 0.2) is 18.3 Å². The second-order valence-electron chi connectivity index (χ2n) is 4.40. The average Bonchev–Trinajstić information content (AvgIpc) is 2.80. The third-order valence-corrected chi connectivity index (χ3v) is 3.11. The quantitative estimate of drug-likeness (QED) is 0.760. The Hall–Kier alpha value is -1.29. The molecule has 1 aliphatic rings. The van der Waals surface area contributed by atoms with E-state index in [0.29, 0.717) is 12.6 Å². The number of nitrogens with one attached hydrogen (secondary N) is 1. The summed E-state index contributed by atoms with van der Waals surface area (Å²) in [5.41, 5.74) is 1.13. The van der Waals surface area contributed by atoms with Gasteiger partial charge < -0.3 is 14.6 Å². The van der Waals surface area contributed by atoms with Gasteiger partial charge in [-0.15, -0.1) is 0 Å². The Bertz CT molecular complexity index is 373. The first kappa shape index (κ1) is 11.2. The fourth-order valence-electron chi connectivity index (χ4n) is 1.81. The smallest absolute Gasteiger partial charge is 0.325 e. The SMILES string of the molecule is COC(=O)Cn1cccc1CNC1CC1C. The summed E-state index contributed by atoms with van der Waals surface area (Å²) in [6, 6.07) is 4.64. The summed E-state index contributed by atoms with van der Waals surface area (Å²) in [6.07, 6.45) is 3.17. The van der Waals surface area contributed by atoms with Gasteiger partial charge in [-0.25, -0.2) is 0 Å². The van der Waals surface area contributed by atoms with Gasteiger partial charge in [-0.3, -0.25) is 4.79 Å². The van der Waals surface area contributed by atoms with E-state index in [1.165, 1.54) is 13.5 Å². The van der Waals surface area contributed by atoms with Gasteiger partial charge >= 0.3 is 5.97 Å². The molecular weight excluding hydrogens is 204 g/mol. The second-order valence-corrected chi connectivity index (χ2v) is 4.40. The Balaban J connectivity index is 1.88. The molecule has 0 aliphatic heterocycles. The summed E-state index contributed by atoms with van der Waals surface area (Å²) in [5, 5.41) is 3.47. The zero-order valence-corrected chi connectivity index (χ0v) is 9.77. The maximum atomic E-state index is 11.2. The zero-order valence-electron chi connectivity index (χ0n) is 9.77. The number of carbonyl (C=O) groups excluding carboxylic acids is 1. The molecule has 1 aromatic rings. The standard InChI is InChI=1S/C12H18N2O2/c1-9-6-11(9)13-7-10-4-3-5-14(10)8-12(15)16-2/h3-5,9,11,13H,6-8H2,1-2H3. The second kappa shape index (κ2) is 4.70. The molecule has 16 heavy (non-hydrogen) atoms. The van der Waals surface area contributed by atoms with Crippen molar-refractivity contribution in [2.24, 2.45) is 5.92 Å². The molecule has 0 aromatic carbocycles. The lowest BCUT2D eigenvalue weighted by molar-refractivity contribution is -0.141. The molecule has 0 amide bonds. The predicted molar refractivity (Wildman–Crippen MR) is 60.9 cm³/mol. The average molecular weight is 222 g/mol. The van der Waals surface area contributed by atoms with E-state index in [9.17, 15) is 4.79 Å². The molecule has 1 fully saturated rings. The summed E-state index contributed by atoms with van der Waals surface area (Å²) in [4.78, 5) is 11.2. The van der Waals surface area contributed by atoms with Gasteiger partial charge in [-0.2, -0.15) is 0 Å². The maximum absolute atomic E-state index is 11.2. The van der Waals surface area contributed by atoms with Crippen molar-refractivity contribution >= 4 is 5.97 Å². The van der Waals surface area contributed by atoms with Crippen LogP contribution in [0.25, 0.3) is 0 Å².